The van der Waals surface area contributed by atoms with E-state index in [2.05, 4.69) is 5.32 Å². The van der Waals surface area contributed by atoms with Crippen molar-refractivity contribution in [3.8, 4) is 23.0 Å². The molecule has 2 aromatic carbocycles. The molecule has 0 aromatic heterocycles. The number of ether oxygens (including phenoxy) is 5. The zero-order valence-corrected chi connectivity index (χ0v) is 20.7. The molecule has 1 atom stereocenters. The van der Waals surface area contributed by atoms with Crippen molar-refractivity contribution in [3.05, 3.63) is 46.9 Å². The van der Waals surface area contributed by atoms with Crippen molar-refractivity contribution >= 4 is 34.4 Å². The summed E-state index contributed by atoms with van der Waals surface area (Å²) in [5.41, 5.74) is 1.69. The molecule has 1 unspecified atom stereocenters. The molecule has 0 aliphatic rings. The molecule has 0 aliphatic heterocycles. The summed E-state index contributed by atoms with van der Waals surface area (Å²) in [7, 11) is 4.67. The third-order valence-corrected chi connectivity index (χ3v) is 5.65. The summed E-state index contributed by atoms with van der Waals surface area (Å²) in [6.45, 7) is 1.86. The molecule has 34 heavy (non-hydrogen) atoms. The number of amides is 1. The van der Waals surface area contributed by atoms with Crippen molar-refractivity contribution < 1.29 is 37.5 Å². The fourth-order valence-corrected chi connectivity index (χ4v) is 3.93. The molecule has 10 heteroatoms. The summed E-state index contributed by atoms with van der Waals surface area (Å²) in [6.07, 6.45) is 1.25. The minimum absolute atomic E-state index is 0.183. The Labute approximate surface area is 201 Å². The Morgan fingerprint density at radius 2 is 1.59 bits per heavy atom. The average molecular weight is 492 g/mol. The van der Waals surface area contributed by atoms with E-state index in [1.165, 1.54) is 26.7 Å². The first-order valence-corrected chi connectivity index (χ1v) is 11.7. The summed E-state index contributed by atoms with van der Waals surface area (Å²) >= 11 is 0. The SMILES string of the molecule is CCOC(=O)CC(=O)Nc1cc(CS(=O)C=Cc2c(OC)cc(OC)cc2OC)ccc1OC. The summed E-state index contributed by atoms with van der Waals surface area (Å²) < 4.78 is 38.9. The molecule has 0 heterocycles. The van der Waals surface area contributed by atoms with Crippen LogP contribution in [0, 0.1) is 0 Å². The van der Waals surface area contributed by atoms with Crippen molar-refractivity contribution in [1.82, 2.24) is 0 Å². The van der Waals surface area contributed by atoms with Gasteiger partial charge in [0, 0.05) is 17.5 Å². The highest BCUT2D eigenvalue weighted by molar-refractivity contribution is 7.87. The maximum atomic E-state index is 12.8. The molecule has 0 saturated heterocycles. The van der Waals surface area contributed by atoms with Gasteiger partial charge in [0.25, 0.3) is 0 Å². The van der Waals surface area contributed by atoms with Crippen molar-refractivity contribution in [3.63, 3.8) is 0 Å². The van der Waals surface area contributed by atoms with E-state index in [0.29, 0.717) is 39.8 Å². The lowest BCUT2D eigenvalue weighted by molar-refractivity contribution is -0.145. The Morgan fingerprint density at radius 1 is 0.941 bits per heavy atom. The molecule has 0 aliphatic carbocycles. The number of nitrogens with one attached hydrogen (secondary N) is 1. The second kappa shape index (κ2) is 13.2. The first-order valence-electron chi connectivity index (χ1n) is 10.3. The van der Waals surface area contributed by atoms with Gasteiger partial charge in [-0.05, 0) is 30.7 Å². The molecule has 0 radical (unpaired) electrons. The highest BCUT2D eigenvalue weighted by Gasteiger charge is 2.14. The van der Waals surface area contributed by atoms with Crippen molar-refractivity contribution in [1.29, 1.82) is 0 Å². The molecule has 2 aromatic rings. The van der Waals surface area contributed by atoms with Crippen LogP contribution >= 0.6 is 0 Å². The molecular weight excluding hydrogens is 462 g/mol. The zero-order valence-electron chi connectivity index (χ0n) is 19.8. The van der Waals surface area contributed by atoms with Gasteiger partial charge < -0.3 is 29.0 Å². The van der Waals surface area contributed by atoms with E-state index < -0.39 is 29.1 Å². The van der Waals surface area contributed by atoms with Crippen molar-refractivity contribution in [2.75, 3.05) is 40.4 Å². The summed E-state index contributed by atoms with van der Waals surface area (Å²) in [5.74, 6) is 1.04. The van der Waals surface area contributed by atoms with Gasteiger partial charge in [0.2, 0.25) is 5.91 Å². The Hall–Kier alpha value is -3.53. The summed E-state index contributed by atoms with van der Waals surface area (Å²) in [5, 5.41) is 4.17. The van der Waals surface area contributed by atoms with Crippen LogP contribution in [-0.2, 0) is 30.9 Å². The molecule has 0 bridgehead atoms. The Bertz CT molecular complexity index is 1040. The van der Waals surface area contributed by atoms with Gasteiger partial charge in [0.1, 0.15) is 29.4 Å². The molecule has 9 nitrogen and oxygen atoms in total. The fourth-order valence-electron chi connectivity index (χ4n) is 3.03. The number of hydrogen-bond donors (Lipinski definition) is 1. The highest BCUT2D eigenvalue weighted by atomic mass is 32.2. The van der Waals surface area contributed by atoms with Crippen LogP contribution < -0.4 is 24.3 Å². The minimum atomic E-state index is -1.39. The lowest BCUT2D eigenvalue weighted by Gasteiger charge is -2.13. The smallest absolute Gasteiger partial charge is 0.315 e. The number of carbonyl (C=O) groups is 2. The van der Waals surface area contributed by atoms with E-state index in [1.807, 2.05) is 0 Å². The number of methoxy groups -OCH3 is 4. The van der Waals surface area contributed by atoms with Crippen LogP contribution in [0.25, 0.3) is 6.08 Å². The third kappa shape index (κ3) is 7.51. The van der Waals surface area contributed by atoms with E-state index in [-0.39, 0.29) is 12.4 Å². The van der Waals surface area contributed by atoms with Gasteiger partial charge >= 0.3 is 5.97 Å². The van der Waals surface area contributed by atoms with Crippen LogP contribution in [0.1, 0.15) is 24.5 Å². The van der Waals surface area contributed by atoms with E-state index in [9.17, 15) is 13.8 Å². The number of rotatable bonds is 12. The molecule has 0 fully saturated rings. The lowest BCUT2D eigenvalue weighted by atomic mass is 10.1. The Balaban J connectivity index is 2.17. The molecule has 184 valence electrons. The van der Waals surface area contributed by atoms with E-state index in [0.717, 1.165) is 0 Å². The van der Waals surface area contributed by atoms with Gasteiger partial charge in [-0.3, -0.25) is 13.8 Å². The van der Waals surface area contributed by atoms with E-state index in [1.54, 1.807) is 50.4 Å². The second-order valence-electron chi connectivity index (χ2n) is 6.84. The maximum absolute atomic E-state index is 12.8. The fraction of sp³-hybridized carbons (Fsp3) is 0.333. The van der Waals surface area contributed by atoms with Crippen LogP contribution in [0.3, 0.4) is 0 Å². The maximum Gasteiger partial charge on any atom is 0.315 e. The summed E-state index contributed by atoms with van der Waals surface area (Å²) in [4.78, 5) is 23.7. The number of esters is 1. The monoisotopic (exact) mass is 491 g/mol. The van der Waals surface area contributed by atoms with Gasteiger partial charge in [-0.15, -0.1) is 0 Å². The molecule has 1 N–H and O–H groups in total. The van der Waals surface area contributed by atoms with Crippen LogP contribution in [0.2, 0.25) is 0 Å². The zero-order chi connectivity index (χ0) is 25.1. The highest BCUT2D eigenvalue weighted by Crippen LogP contribution is 2.35. The van der Waals surface area contributed by atoms with Crippen LogP contribution in [-0.4, -0.2) is 51.1 Å². The van der Waals surface area contributed by atoms with E-state index >= 15 is 0 Å². The lowest BCUT2D eigenvalue weighted by Crippen LogP contribution is -2.18. The Morgan fingerprint density at radius 3 is 2.15 bits per heavy atom. The molecule has 1 amide bonds. The van der Waals surface area contributed by atoms with Gasteiger partial charge in [0.05, 0.1) is 62.8 Å². The first kappa shape index (κ1) is 26.7. The van der Waals surface area contributed by atoms with Gasteiger partial charge in [0.15, 0.2) is 0 Å². The minimum Gasteiger partial charge on any atom is -0.496 e. The summed E-state index contributed by atoms with van der Waals surface area (Å²) in [6, 6.07) is 8.48. The van der Waals surface area contributed by atoms with E-state index in [4.69, 9.17) is 23.7 Å². The topological polar surface area (TPSA) is 109 Å². The molecule has 2 rings (SSSR count). The quantitative estimate of drug-likeness (QED) is 0.355. The average Bonchev–Trinajstić information content (AvgIpc) is 2.82. The molecule has 0 saturated carbocycles. The number of anilines is 1. The third-order valence-electron chi connectivity index (χ3n) is 4.60. The van der Waals surface area contributed by atoms with Crippen LogP contribution in [0.5, 0.6) is 23.0 Å². The van der Waals surface area contributed by atoms with Gasteiger partial charge in [-0.25, -0.2) is 0 Å². The number of benzene rings is 2. The van der Waals surface area contributed by atoms with Crippen LogP contribution in [0.15, 0.2) is 35.7 Å². The first-order chi connectivity index (χ1) is 16.3. The van der Waals surface area contributed by atoms with Crippen LogP contribution in [0.4, 0.5) is 5.69 Å². The van der Waals surface area contributed by atoms with Crippen molar-refractivity contribution in [2.45, 2.75) is 19.1 Å². The standard InChI is InChI=1S/C24H29NO8S/c1-6-33-24(27)14-23(26)25-19-11-16(7-8-20(19)30-3)15-34(28)10-9-18-21(31-4)12-17(29-2)13-22(18)32-5/h7-13H,6,14-15H2,1-5H3,(H,25,26). The van der Waals surface area contributed by atoms with Gasteiger partial charge in [-0.1, -0.05) is 6.07 Å². The normalized spacial score (nSPS) is 11.6. The largest absolute Gasteiger partial charge is 0.496 e. The Kier molecular flexibility index (Phi) is 10.4. The van der Waals surface area contributed by atoms with Gasteiger partial charge in [-0.2, -0.15) is 0 Å². The number of hydrogen-bond acceptors (Lipinski definition) is 8. The predicted molar refractivity (Wildman–Crippen MR) is 130 cm³/mol. The predicted octanol–water partition coefficient (Wildman–Crippen LogP) is 3.53. The van der Waals surface area contributed by atoms with Crippen molar-refractivity contribution in [2.24, 2.45) is 0 Å². The molecular formula is C24H29NO8S. The second-order valence-corrected chi connectivity index (χ2v) is 8.16. The number of carbonyl (C=O) groups excluding carboxylic acids is 2. The molecule has 0 spiro atoms.